The average Bonchev–Trinajstić information content (AvgIpc) is 2.78. The van der Waals surface area contributed by atoms with Crippen molar-refractivity contribution in [1.29, 1.82) is 5.26 Å². The first-order chi connectivity index (χ1) is 15.0. The van der Waals surface area contributed by atoms with Crippen LogP contribution in [0.2, 0.25) is 0 Å². The van der Waals surface area contributed by atoms with Crippen molar-refractivity contribution in [3.63, 3.8) is 0 Å². The van der Waals surface area contributed by atoms with Gasteiger partial charge in [0.05, 0.1) is 20.3 Å². The van der Waals surface area contributed by atoms with Gasteiger partial charge in [-0.05, 0) is 61.4 Å². The largest absolute Gasteiger partial charge is 0.494 e. The van der Waals surface area contributed by atoms with E-state index in [2.05, 4.69) is 0 Å². The third-order valence-corrected chi connectivity index (χ3v) is 3.93. The number of benzene rings is 2. The van der Waals surface area contributed by atoms with Crippen molar-refractivity contribution >= 4 is 24.1 Å². The van der Waals surface area contributed by atoms with Crippen LogP contribution in [0.1, 0.15) is 25.0 Å². The van der Waals surface area contributed by atoms with E-state index in [0.29, 0.717) is 12.2 Å². The average molecular weight is 421 g/mol. The number of ether oxygens (including phenoxy) is 4. The SMILES string of the molecule is CCOC(=O)/C(C#N)=C/c1ccc(OC(=O)/C=C/c2ccc(OCC)cc2)c(OC)c1. The van der Waals surface area contributed by atoms with Gasteiger partial charge >= 0.3 is 11.9 Å². The first kappa shape index (κ1) is 23.2. The van der Waals surface area contributed by atoms with Gasteiger partial charge in [-0.3, -0.25) is 0 Å². The van der Waals surface area contributed by atoms with Gasteiger partial charge in [-0.1, -0.05) is 18.2 Å². The molecule has 2 rings (SSSR count). The summed E-state index contributed by atoms with van der Waals surface area (Å²) >= 11 is 0. The Kier molecular flexibility index (Phi) is 8.87. The standard InChI is InChI=1S/C24H23NO6/c1-4-29-20-10-6-17(7-11-20)9-13-23(26)31-21-12-8-18(15-22(21)28-3)14-19(16-25)24(27)30-5-2/h6-15H,4-5H2,1-3H3/b13-9+,19-14+. The molecule has 0 amide bonds. The third kappa shape index (κ3) is 7.05. The molecule has 2 aromatic carbocycles. The number of rotatable bonds is 9. The highest BCUT2D eigenvalue weighted by Crippen LogP contribution is 2.29. The van der Waals surface area contributed by atoms with Crippen LogP contribution in [-0.2, 0) is 14.3 Å². The summed E-state index contributed by atoms with van der Waals surface area (Å²) in [4.78, 5) is 23.9. The van der Waals surface area contributed by atoms with Gasteiger partial charge in [0, 0.05) is 6.08 Å². The van der Waals surface area contributed by atoms with E-state index in [0.717, 1.165) is 11.3 Å². The monoisotopic (exact) mass is 421 g/mol. The molecule has 0 radical (unpaired) electrons. The molecule has 0 saturated heterocycles. The highest BCUT2D eigenvalue weighted by Gasteiger charge is 2.12. The predicted octanol–water partition coefficient (Wildman–Crippen LogP) is 4.18. The molecule has 0 fully saturated rings. The van der Waals surface area contributed by atoms with E-state index in [4.69, 9.17) is 24.2 Å². The summed E-state index contributed by atoms with van der Waals surface area (Å²) in [6.45, 7) is 4.31. The van der Waals surface area contributed by atoms with Crippen molar-refractivity contribution in [1.82, 2.24) is 0 Å². The molecule has 0 aromatic heterocycles. The Morgan fingerprint density at radius 1 is 1.00 bits per heavy atom. The molecular formula is C24H23NO6. The number of nitriles is 1. The molecule has 0 heterocycles. The van der Waals surface area contributed by atoms with Crippen LogP contribution in [0, 0.1) is 11.3 Å². The molecule has 0 aliphatic rings. The lowest BCUT2D eigenvalue weighted by Gasteiger charge is -2.09. The number of hydrogen-bond donors (Lipinski definition) is 0. The third-order valence-electron chi connectivity index (χ3n) is 3.93. The van der Waals surface area contributed by atoms with Crippen molar-refractivity contribution in [2.24, 2.45) is 0 Å². The minimum Gasteiger partial charge on any atom is -0.494 e. The van der Waals surface area contributed by atoms with Crippen molar-refractivity contribution < 1.29 is 28.5 Å². The molecule has 0 aliphatic heterocycles. The van der Waals surface area contributed by atoms with E-state index in [1.54, 1.807) is 31.2 Å². The molecule has 7 nitrogen and oxygen atoms in total. The minimum atomic E-state index is -0.709. The quantitative estimate of drug-likeness (QED) is 0.259. The van der Waals surface area contributed by atoms with E-state index < -0.39 is 11.9 Å². The maximum atomic E-state index is 12.2. The number of methoxy groups -OCH3 is 1. The molecule has 0 N–H and O–H groups in total. The molecule has 0 bridgehead atoms. The Labute approximate surface area is 181 Å². The van der Waals surface area contributed by atoms with Crippen molar-refractivity contribution in [2.75, 3.05) is 20.3 Å². The lowest BCUT2D eigenvalue weighted by molar-refractivity contribution is -0.138. The number of carbonyl (C=O) groups is 2. The van der Waals surface area contributed by atoms with Crippen molar-refractivity contribution in [3.05, 3.63) is 65.2 Å². The first-order valence-electron chi connectivity index (χ1n) is 9.60. The zero-order valence-corrected chi connectivity index (χ0v) is 17.6. The second kappa shape index (κ2) is 11.8. The summed E-state index contributed by atoms with van der Waals surface area (Å²) in [5.41, 5.74) is 1.19. The Morgan fingerprint density at radius 2 is 1.71 bits per heavy atom. The summed E-state index contributed by atoms with van der Waals surface area (Å²) in [5, 5.41) is 9.15. The molecule has 0 saturated carbocycles. The Hall–Kier alpha value is -4.05. The molecule has 0 aliphatic carbocycles. The number of esters is 2. The van der Waals surface area contributed by atoms with Gasteiger partial charge in [-0.2, -0.15) is 5.26 Å². The van der Waals surface area contributed by atoms with E-state index >= 15 is 0 Å². The van der Waals surface area contributed by atoms with E-state index in [-0.39, 0.29) is 23.7 Å². The van der Waals surface area contributed by atoms with Crippen LogP contribution in [0.15, 0.2) is 54.1 Å². The zero-order valence-electron chi connectivity index (χ0n) is 17.6. The van der Waals surface area contributed by atoms with Crippen LogP contribution < -0.4 is 14.2 Å². The molecule has 0 atom stereocenters. The summed E-state index contributed by atoms with van der Waals surface area (Å²) in [5.74, 6) is -0.0596. The Morgan fingerprint density at radius 3 is 2.32 bits per heavy atom. The molecule has 2 aromatic rings. The van der Waals surface area contributed by atoms with Gasteiger partial charge in [0.15, 0.2) is 11.5 Å². The lowest BCUT2D eigenvalue weighted by Crippen LogP contribution is -2.06. The summed E-state index contributed by atoms with van der Waals surface area (Å²) in [7, 11) is 1.42. The number of nitrogens with zero attached hydrogens (tertiary/aromatic N) is 1. The Bertz CT molecular complexity index is 1020. The van der Waals surface area contributed by atoms with Crippen LogP contribution in [0.25, 0.3) is 12.2 Å². The number of hydrogen-bond acceptors (Lipinski definition) is 7. The fourth-order valence-corrected chi connectivity index (χ4v) is 2.52. The van der Waals surface area contributed by atoms with Crippen LogP contribution in [-0.4, -0.2) is 32.3 Å². The van der Waals surface area contributed by atoms with E-state index in [1.165, 1.54) is 25.3 Å². The van der Waals surface area contributed by atoms with Gasteiger partial charge < -0.3 is 18.9 Å². The van der Waals surface area contributed by atoms with Crippen molar-refractivity contribution in [2.45, 2.75) is 13.8 Å². The van der Waals surface area contributed by atoms with Crippen LogP contribution in [0.5, 0.6) is 17.2 Å². The molecule has 31 heavy (non-hydrogen) atoms. The fourth-order valence-electron chi connectivity index (χ4n) is 2.52. The van der Waals surface area contributed by atoms with Gasteiger partial charge in [-0.25, -0.2) is 9.59 Å². The second-order valence-corrected chi connectivity index (χ2v) is 6.06. The van der Waals surface area contributed by atoms with E-state index in [1.807, 2.05) is 31.2 Å². The van der Waals surface area contributed by atoms with Crippen LogP contribution in [0.3, 0.4) is 0 Å². The molecule has 0 spiro atoms. The van der Waals surface area contributed by atoms with E-state index in [9.17, 15) is 9.59 Å². The van der Waals surface area contributed by atoms with Crippen molar-refractivity contribution in [3.8, 4) is 23.3 Å². The minimum absolute atomic E-state index is 0.146. The molecule has 7 heteroatoms. The van der Waals surface area contributed by atoms with Crippen LogP contribution in [0.4, 0.5) is 0 Å². The normalized spacial score (nSPS) is 11.0. The molecule has 160 valence electrons. The van der Waals surface area contributed by atoms with Gasteiger partial charge in [0.2, 0.25) is 0 Å². The lowest BCUT2D eigenvalue weighted by atomic mass is 10.1. The summed E-state index contributed by atoms with van der Waals surface area (Å²) in [6, 6.07) is 13.8. The summed E-state index contributed by atoms with van der Waals surface area (Å²) < 4.78 is 20.8. The summed E-state index contributed by atoms with van der Waals surface area (Å²) in [6.07, 6.45) is 4.30. The van der Waals surface area contributed by atoms with Crippen LogP contribution >= 0.6 is 0 Å². The van der Waals surface area contributed by atoms with Gasteiger partial charge in [0.1, 0.15) is 17.4 Å². The maximum absolute atomic E-state index is 12.2. The first-order valence-corrected chi connectivity index (χ1v) is 9.60. The van der Waals surface area contributed by atoms with Gasteiger partial charge in [0.25, 0.3) is 0 Å². The van der Waals surface area contributed by atoms with Gasteiger partial charge in [-0.15, -0.1) is 0 Å². The molecular weight excluding hydrogens is 398 g/mol. The Balaban J connectivity index is 2.11. The maximum Gasteiger partial charge on any atom is 0.348 e. The predicted molar refractivity (Wildman–Crippen MR) is 115 cm³/mol. The second-order valence-electron chi connectivity index (χ2n) is 6.06. The fraction of sp³-hybridized carbons (Fsp3) is 0.208. The topological polar surface area (TPSA) is 94.9 Å². The highest BCUT2D eigenvalue weighted by atomic mass is 16.6. The zero-order chi connectivity index (χ0) is 22.6. The molecule has 0 unspecified atom stereocenters. The highest BCUT2D eigenvalue weighted by molar-refractivity contribution is 5.98. The smallest absolute Gasteiger partial charge is 0.348 e. The number of carbonyl (C=O) groups excluding carboxylic acids is 2.